The predicted molar refractivity (Wildman–Crippen MR) is 107 cm³/mol. The van der Waals surface area contributed by atoms with Gasteiger partial charge in [0.05, 0.1) is 36.0 Å². The van der Waals surface area contributed by atoms with Crippen LogP contribution in [-0.2, 0) is 24.2 Å². The van der Waals surface area contributed by atoms with Gasteiger partial charge in [-0.2, -0.15) is 0 Å². The van der Waals surface area contributed by atoms with Crippen LogP contribution < -0.4 is 4.90 Å². The number of carbonyl (C=O) groups excluding carboxylic acids is 2. The largest absolute Gasteiger partial charge is 0.360 e. The molecule has 7 nitrogen and oxygen atoms in total. The number of hydrogen-bond donors (Lipinski definition) is 0. The van der Waals surface area contributed by atoms with E-state index in [-0.39, 0.29) is 36.4 Å². The second-order valence-corrected chi connectivity index (χ2v) is 10.9. The normalized spacial score (nSPS) is 34.7. The Morgan fingerprint density at radius 3 is 2.59 bits per heavy atom. The zero-order valence-electron chi connectivity index (χ0n) is 16.5. The Kier molecular flexibility index (Phi) is 3.99. The second-order valence-electron chi connectivity index (χ2n) is 8.57. The summed E-state index contributed by atoms with van der Waals surface area (Å²) in [6, 6.07) is 5.92. The van der Waals surface area contributed by atoms with Gasteiger partial charge in [-0.25, -0.2) is 8.42 Å². The van der Waals surface area contributed by atoms with Crippen LogP contribution in [0.25, 0.3) is 0 Å². The predicted octanol–water partition coefficient (Wildman–Crippen LogP) is 0.847. The Balaban J connectivity index is 1.44. The number of anilines is 1. The molecule has 3 saturated heterocycles. The fourth-order valence-corrected chi connectivity index (χ4v) is 6.24. The number of sulfone groups is 1. The van der Waals surface area contributed by atoms with Crippen LogP contribution in [0.4, 0.5) is 5.69 Å². The fraction of sp³-hybridized carbons (Fsp3) is 0.524. The van der Waals surface area contributed by atoms with Crippen molar-refractivity contribution in [3.63, 3.8) is 0 Å². The van der Waals surface area contributed by atoms with Gasteiger partial charge in [0, 0.05) is 18.8 Å². The quantitative estimate of drug-likeness (QED) is 0.668. The third-order valence-corrected chi connectivity index (χ3v) is 8.45. The Bertz CT molecular complexity index is 1040. The molecule has 2 bridgehead atoms. The molecule has 154 valence electrons. The smallest absolute Gasteiger partial charge is 0.234 e. The number of ether oxygens (including phenoxy) is 1. The standard InChI is InChI=1S/C21H24N2O5S/c1-13-3-4-15(11-14(13)2)23-12-21-6-5-16(28-21)17(18(21)20(23)25)19(24)22-7-9-29(26,27)10-8-22/h3-6,11,16-18H,7-10,12H2,1-2H3/t16-,17+,18+,21-/m0/s1. The number of benzene rings is 1. The van der Waals surface area contributed by atoms with E-state index in [4.69, 9.17) is 4.74 Å². The molecule has 2 amide bonds. The van der Waals surface area contributed by atoms with Crippen LogP contribution in [0.2, 0.25) is 0 Å². The summed E-state index contributed by atoms with van der Waals surface area (Å²) in [7, 11) is -3.08. The lowest BCUT2D eigenvalue weighted by molar-refractivity contribution is -0.140. The molecule has 5 rings (SSSR count). The highest BCUT2D eigenvalue weighted by Crippen LogP contribution is 2.53. The van der Waals surface area contributed by atoms with Crippen LogP contribution in [-0.4, -0.2) is 68.0 Å². The monoisotopic (exact) mass is 416 g/mol. The summed E-state index contributed by atoms with van der Waals surface area (Å²) in [4.78, 5) is 30.0. The lowest BCUT2D eigenvalue weighted by Gasteiger charge is -2.32. The van der Waals surface area contributed by atoms with Gasteiger partial charge in [-0.15, -0.1) is 0 Å². The first kappa shape index (κ1) is 18.8. The summed E-state index contributed by atoms with van der Waals surface area (Å²) in [6.45, 7) is 4.80. The first-order valence-electron chi connectivity index (χ1n) is 9.96. The molecule has 0 radical (unpaired) electrons. The highest BCUT2D eigenvalue weighted by Gasteiger charge is 2.67. The molecule has 4 atom stereocenters. The number of rotatable bonds is 2. The van der Waals surface area contributed by atoms with E-state index >= 15 is 0 Å². The summed E-state index contributed by atoms with van der Waals surface area (Å²) in [5.74, 6) is -1.47. The minimum Gasteiger partial charge on any atom is -0.360 e. The van der Waals surface area contributed by atoms with Gasteiger partial charge in [0.15, 0.2) is 9.84 Å². The molecule has 0 aromatic heterocycles. The Morgan fingerprint density at radius 1 is 1.17 bits per heavy atom. The molecule has 4 heterocycles. The summed E-state index contributed by atoms with van der Waals surface area (Å²) < 4.78 is 29.6. The van der Waals surface area contributed by atoms with E-state index in [0.29, 0.717) is 6.54 Å². The lowest BCUT2D eigenvalue weighted by Crippen LogP contribution is -2.50. The van der Waals surface area contributed by atoms with E-state index in [1.165, 1.54) is 0 Å². The van der Waals surface area contributed by atoms with Gasteiger partial charge in [0.1, 0.15) is 5.60 Å². The molecule has 0 N–H and O–H groups in total. The molecule has 29 heavy (non-hydrogen) atoms. The molecule has 4 aliphatic rings. The van der Waals surface area contributed by atoms with E-state index < -0.39 is 33.4 Å². The molecular weight excluding hydrogens is 392 g/mol. The Labute approximate surface area is 170 Å². The number of fused-ring (bicyclic) bond motifs is 1. The highest BCUT2D eigenvalue weighted by atomic mass is 32.2. The third kappa shape index (κ3) is 2.76. The zero-order chi connectivity index (χ0) is 20.6. The SMILES string of the molecule is Cc1ccc(N2C[C@]34C=C[C@H](O3)[C@@H](C(=O)N3CCS(=O)(=O)CC3)[C@@H]4C2=O)cc1C. The molecule has 0 saturated carbocycles. The molecule has 1 spiro atoms. The number of carbonyl (C=O) groups is 2. The van der Waals surface area contributed by atoms with Gasteiger partial charge in [-0.1, -0.05) is 18.2 Å². The lowest BCUT2D eigenvalue weighted by atomic mass is 9.76. The summed E-state index contributed by atoms with van der Waals surface area (Å²) >= 11 is 0. The van der Waals surface area contributed by atoms with Crippen molar-refractivity contribution in [2.24, 2.45) is 11.8 Å². The zero-order valence-corrected chi connectivity index (χ0v) is 17.3. The van der Waals surface area contributed by atoms with Crippen LogP contribution in [0.1, 0.15) is 11.1 Å². The molecule has 0 unspecified atom stereocenters. The number of amides is 2. The summed E-state index contributed by atoms with van der Waals surface area (Å²) in [5, 5.41) is 0. The van der Waals surface area contributed by atoms with Crippen LogP contribution in [0.5, 0.6) is 0 Å². The van der Waals surface area contributed by atoms with Gasteiger partial charge in [-0.05, 0) is 37.1 Å². The van der Waals surface area contributed by atoms with E-state index in [2.05, 4.69) is 0 Å². The minimum absolute atomic E-state index is 0.0225. The van der Waals surface area contributed by atoms with Crippen molar-refractivity contribution in [3.05, 3.63) is 41.5 Å². The molecule has 1 aromatic carbocycles. The maximum absolute atomic E-state index is 13.4. The van der Waals surface area contributed by atoms with Crippen LogP contribution in [0.15, 0.2) is 30.4 Å². The summed E-state index contributed by atoms with van der Waals surface area (Å²) in [5.41, 5.74) is 2.30. The Morgan fingerprint density at radius 2 is 1.90 bits per heavy atom. The van der Waals surface area contributed by atoms with Crippen molar-refractivity contribution in [2.75, 3.05) is 36.0 Å². The van der Waals surface area contributed by atoms with Gasteiger partial charge < -0.3 is 14.5 Å². The van der Waals surface area contributed by atoms with Crippen LogP contribution >= 0.6 is 0 Å². The van der Waals surface area contributed by atoms with E-state index in [0.717, 1.165) is 16.8 Å². The van der Waals surface area contributed by atoms with Crippen molar-refractivity contribution in [1.82, 2.24) is 4.90 Å². The highest BCUT2D eigenvalue weighted by molar-refractivity contribution is 7.91. The van der Waals surface area contributed by atoms with Crippen molar-refractivity contribution < 1.29 is 22.7 Å². The molecule has 8 heteroatoms. The molecule has 0 aliphatic carbocycles. The maximum atomic E-state index is 13.4. The van der Waals surface area contributed by atoms with Gasteiger partial charge in [0.2, 0.25) is 11.8 Å². The van der Waals surface area contributed by atoms with Crippen molar-refractivity contribution in [2.45, 2.75) is 25.6 Å². The topological polar surface area (TPSA) is 84.0 Å². The molecule has 3 fully saturated rings. The third-order valence-electron chi connectivity index (χ3n) is 6.84. The minimum atomic E-state index is -3.08. The molecule has 4 aliphatic heterocycles. The summed E-state index contributed by atoms with van der Waals surface area (Å²) in [6.07, 6.45) is 3.40. The maximum Gasteiger partial charge on any atom is 0.234 e. The van der Waals surface area contributed by atoms with Crippen molar-refractivity contribution in [3.8, 4) is 0 Å². The molecular formula is C21H24N2O5S. The Hall–Kier alpha value is -2.19. The van der Waals surface area contributed by atoms with E-state index in [1.807, 2.05) is 44.2 Å². The van der Waals surface area contributed by atoms with Gasteiger partial charge >= 0.3 is 0 Å². The number of nitrogens with zero attached hydrogens (tertiary/aromatic N) is 2. The fourth-order valence-electron chi connectivity index (χ4n) is 5.04. The first-order chi connectivity index (χ1) is 13.7. The van der Waals surface area contributed by atoms with Gasteiger partial charge in [0.25, 0.3) is 0 Å². The van der Waals surface area contributed by atoms with Crippen LogP contribution in [0.3, 0.4) is 0 Å². The first-order valence-corrected chi connectivity index (χ1v) is 11.8. The van der Waals surface area contributed by atoms with Gasteiger partial charge in [-0.3, -0.25) is 9.59 Å². The number of aryl methyl sites for hydroxylation is 2. The second kappa shape index (κ2) is 6.15. The van der Waals surface area contributed by atoms with E-state index in [1.54, 1.807) is 9.80 Å². The van der Waals surface area contributed by atoms with Crippen molar-refractivity contribution >= 4 is 27.3 Å². The average Bonchev–Trinajstić information content (AvgIpc) is 3.32. The van der Waals surface area contributed by atoms with E-state index in [9.17, 15) is 18.0 Å². The van der Waals surface area contributed by atoms with Crippen molar-refractivity contribution in [1.29, 1.82) is 0 Å². The van der Waals surface area contributed by atoms with Crippen LogP contribution in [0, 0.1) is 25.7 Å². The number of hydrogen-bond acceptors (Lipinski definition) is 5. The molecule has 1 aromatic rings. The average molecular weight is 416 g/mol.